The van der Waals surface area contributed by atoms with E-state index in [0.717, 1.165) is 6.54 Å². The Bertz CT molecular complexity index is 242. The Hall–Kier alpha value is -0.610. The highest BCUT2D eigenvalue weighted by atomic mass is 16.5. The number of esters is 1. The molecule has 1 N–H and O–H groups in total. The van der Waals surface area contributed by atoms with E-state index in [1.807, 2.05) is 27.8 Å². The van der Waals surface area contributed by atoms with Gasteiger partial charge in [0.15, 0.2) is 0 Å². The third kappa shape index (κ3) is 6.03. The minimum atomic E-state index is -0.646. The molecule has 0 aromatic heterocycles. The smallest absolute Gasteiger partial charge is 0.327 e. The normalized spacial score (nSPS) is 15.4. The van der Waals surface area contributed by atoms with E-state index in [-0.39, 0.29) is 12.0 Å². The zero-order chi connectivity index (χ0) is 13.6. The van der Waals surface area contributed by atoms with E-state index in [4.69, 9.17) is 4.74 Å². The van der Waals surface area contributed by atoms with Gasteiger partial charge >= 0.3 is 5.97 Å². The molecule has 0 saturated heterocycles. The summed E-state index contributed by atoms with van der Waals surface area (Å²) in [6, 6.07) is 0.242. The van der Waals surface area contributed by atoms with Crippen molar-refractivity contribution in [3.63, 3.8) is 0 Å². The van der Waals surface area contributed by atoms with Crippen LogP contribution in [0.4, 0.5) is 0 Å². The maximum atomic E-state index is 11.9. The van der Waals surface area contributed by atoms with Crippen molar-refractivity contribution in [1.82, 2.24) is 10.2 Å². The number of carbonyl (C=O) groups is 1. The molecule has 0 radical (unpaired) electrons. The molecular weight excluding hydrogens is 216 g/mol. The Morgan fingerprint density at radius 3 is 2.24 bits per heavy atom. The molecule has 17 heavy (non-hydrogen) atoms. The fourth-order valence-electron chi connectivity index (χ4n) is 2.26. The second-order valence-corrected chi connectivity index (χ2v) is 5.71. The number of nitrogens with zero attached hydrogens (tertiary/aromatic N) is 1. The fourth-order valence-corrected chi connectivity index (χ4v) is 2.26. The van der Waals surface area contributed by atoms with Gasteiger partial charge in [-0.2, -0.15) is 0 Å². The topological polar surface area (TPSA) is 41.6 Å². The fraction of sp³-hybridized carbons (Fsp3) is 0.923. The van der Waals surface area contributed by atoms with Gasteiger partial charge in [0.25, 0.3) is 0 Å². The molecule has 0 amide bonds. The molecular formula is C13H28N2O2. The first kappa shape index (κ1) is 16.4. The minimum absolute atomic E-state index is 0.207. The van der Waals surface area contributed by atoms with Crippen molar-refractivity contribution in [2.75, 3.05) is 27.2 Å². The predicted molar refractivity (Wildman–Crippen MR) is 71.0 cm³/mol. The van der Waals surface area contributed by atoms with E-state index in [1.165, 1.54) is 7.11 Å². The van der Waals surface area contributed by atoms with Crippen molar-refractivity contribution in [2.24, 2.45) is 5.92 Å². The predicted octanol–water partition coefficient (Wildman–Crippen LogP) is 1.50. The summed E-state index contributed by atoms with van der Waals surface area (Å²) >= 11 is 0. The van der Waals surface area contributed by atoms with Crippen LogP contribution in [-0.4, -0.2) is 49.7 Å². The number of hydrogen-bond donors (Lipinski definition) is 1. The number of nitrogens with one attached hydrogen (secondary N) is 1. The first-order chi connectivity index (χ1) is 7.71. The van der Waals surface area contributed by atoms with Crippen molar-refractivity contribution in [1.29, 1.82) is 0 Å². The van der Waals surface area contributed by atoms with Crippen molar-refractivity contribution in [3.05, 3.63) is 0 Å². The average molecular weight is 244 g/mol. The van der Waals surface area contributed by atoms with E-state index in [0.29, 0.717) is 12.5 Å². The van der Waals surface area contributed by atoms with Gasteiger partial charge in [0.2, 0.25) is 0 Å². The van der Waals surface area contributed by atoms with Crippen LogP contribution in [0.5, 0.6) is 0 Å². The Balaban J connectivity index is 4.64. The summed E-state index contributed by atoms with van der Waals surface area (Å²) in [5.41, 5.74) is -0.646. The van der Waals surface area contributed by atoms with Crippen LogP contribution in [0.1, 0.15) is 34.6 Å². The van der Waals surface area contributed by atoms with E-state index >= 15 is 0 Å². The Morgan fingerprint density at radius 1 is 1.35 bits per heavy atom. The van der Waals surface area contributed by atoms with Gasteiger partial charge in [0, 0.05) is 19.1 Å². The van der Waals surface area contributed by atoms with Crippen LogP contribution < -0.4 is 5.32 Å². The number of carbonyl (C=O) groups excluding carboxylic acids is 1. The summed E-state index contributed by atoms with van der Waals surface area (Å²) in [4.78, 5) is 14.0. The van der Waals surface area contributed by atoms with Crippen LogP contribution in [0.15, 0.2) is 0 Å². The lowest BCUT2D eigenvalue weighted by atomic mass is 10.00. The van der Waals surface area contributed by atoms with Crippen LogP contribution in [0, 0.1) is 5.92 Å². The lowest BCUT2D eigenvalue weighted by Crippen LogP contribution is -2.59. The Kier molecular flexibility index (Phi) is 6.72. The number of ether oxygens (including phenoxy) is 1. The van der Waals surface area contributed by atoms with Crippen LogP contribution in [0.3, 0.4) is 0 Å². The molecule has 0 spiro atoms. The van der Waals surface area contributed by atoms with Crippen LogP contribution >= 0.6 is 0 Å². The third-order valence-corrected chi connectivity index (χ3v) is 2.51. The molecule has 0 saturated carbocycles. The molecule has 0 aromatic carbocycles. The summed E-state index contributed by atoms with van der Waals surface area (Å²) in [6.07, 6.45) is 0. The zero-order valence-corrected chi connectivity index (χ0v) is 12.3. The number of likely N-dealkylation sites (N-methyl/N-ethyl adjacent to an activating group) is 1. The molecule has 0 heterocycles. The van der Waals surface area contributed by atoms with E-state index in [9.17, 15) is 4.79 Å². The lowest BCUT2D eigenvalue weighted by molar-refractivity contribution is -0.149. The molecule has 1 atom stereocenters. The van der Waals surface area contributed by atoms with Crippen molar-refractivity contribution in [2.45, 2.75) is 46.2 Å². The van der Waals surface area contributed by atoms with Gasteiger partial charge in [-0.25, -0.2) is 0 Å². The maximum Gasteiger partial charge on any atom is 0.327 e. The Labute approximate surface area is 106 Å². The molecule has 0 aliphatic rings. The van der Waals surface area contributed by atoms with Gasteiger partial charge in [-0.15, -0.1) is 0 Å². The van der Waals surface area contributed by atoms with Gasteiger partial charge in [0.05, 0.1) is 7.11 Å². The van der Waals surface area contributed by atoms with Gasteiger partial charge in [0.1, 0.15) is 5.54 Å². The van der Waals surface area contributed by atoms with E-state index in [1.54, 1.807) is 0 Å². The molecule has 0 aliphatic carbocycles. The van der Waals surface area contributed by atoms with Gasteiger partial charge in [-0.05, 0) is 33.7 Å². The van der Waals surface area contributed by atoms with Crippen molar-refractivity contribution in [3.8, 4) is 0 Å². The molecule has 0 aromatic rings. The molecule has 0 aliphatic heterocycles. The van der Waals surface area contributed by atoms with Crippen LogP contribution in [0.2, 0.25) is 0 Å². The summed E-state index contributed by atoms with van der Waals surface area (Å²) in [5.74, 6) is 0.378. The van der Waals surface area contributed by atoms with Crippen molar-refractivity contribution < 1.29 is 9.53 Å². The molecule has 4 nitrogen and oxygen atoms in total. The monoisotopic (exact) mass is 244 g/mol. The highest BCUT2D eigenvalue weighted by molar-refractivity contribution is 5.80. The Morgan fingerprint density at radius 2 is 1.88 bits per heavy atom. The minimum Gasteiger partial charge on any atom is -0.468 e. The first-order valence-electron chi connectivity index (χ1n) is 6.26. The molecule has 102 valence electrons. The third-order valence-electron chi connectivity index (χ3n) is 2.51. The summed E-state index contributed by atoms with van der Waals surface area (Å²) in [6.45, 7) is 11.9. The first-order valence-corrected chi connectivity index (χ1v) is 6.26. The highest BCUT2D eigenvalue weighted by Crippen LogP contribution is 2.11. The highest BCUT2D eigenvalue weighted by Gasteiger charge is 2.35. The molecule has 0 rings (SSSR count). The van der Waals surface area contributed by atoms with Crippen LogP contribution in [0.25, 0.3) is 0 Å². The van der Waals surface area contributed by atoms with Gasteiger partial charge < -0.3 is 9.64 Å². The average Bonchev–Trinajstić information content (AvgIpc) is 2.13. The number of methoxy groups -OCH3 is 1. The molecule has 4 heteroatoms. The molecule has 0 bridgehead atoms. The summed E-state index contributed by atoms with van der Waals surface area (Å²) in [7, 11) is 3.47. The van der Waals surface area contributed by atoms with E-state index < -0.39 is 5.54 Å². The molecule has 1 unspecified atom stereocenters. The SMILES string of the molecule is COC(=O)C(C)(CN(C)CC(C)C)NC(C)C. The summed E-state index contributed by atoms with van der Waals surface area (Å²) < 4.78 is 4.89. The largest absolute Gasteiger partial charge is 0.468 e. The standard InChI is InChI=1S/C13H28N2O2/c1-10(2)8-15(6)9-13(5,12(16)17-7)14-11(3)4/h10-11,14H,8-9H2,1-7H3. The maximum absolute atomic E-state index is 11.9. The number of rotatable bonds is 7. The lowest BCUT2D eigenvalue weighted by Gasteiger charge is -2.34. The second-order valence-electron chi connectivity index (χ2n) is 5.71. The van der Waals surface area contributed by atoms with Gasteiger partial charge in [-0.1, -0.05) is 13.8 Å². The van der Waals surface area contributed by atoms with E-state index in [2.05, 4.69) is 24.1 Å². The van der Waals surface area contributed by atoms with Crippen LogP contribution in [-0.2, 0) is 9.53 Å². The quantitative estimate of drug-likeness (QED) is 0.689. The summed E-state index contributed by atoms with van der Waals surface area (Å²) in [5, 5.41) is 3.29. The van der Waals surface area contributed by atoms with Crippen molar-refractivity contribution >= 4 is 5.97 Å². The van der Waals surface area contributed by atoms with Gasteiger partial charge in [-0.3, -0.25) is 10.1 Å². The second kappa shape index (κ2) is 6.97. The number of hydrogen-bond acceptors (Lipinski definition) is 4. The zero-order valence-electron chi connectivity index (χ0n) is 12.3. The molecule has 0 fully saturated rings.